The zero-order valence-corrected chi connectivity index (χ0v) is 19.9. The van der Waals surface area contributed by atoms with Crippen LogP contribution in [0.2, 0.25) is 0 Å². The first-order valence-electron chi connectivity index (χ1n) is 10.4. The molecule has 8 heteroatoms. The van der Waals surface area contributed by atoms with Crippen molar-refractivity contribution in [3.05, 3.63) is 70.2 Å². The molecule has 2 aromatic carbocycles. The van der Waals surface area contributed by atoms with Crippen LogP contribution < -0.4 is 9.47 Å². The van der Waals surface area contributed by atoms with Gasteiger partial charge in [0.05, 0.1) is 17.2 Å². The lowest BCUT2D eigenvalue weighted by Gasteiger charge is -2.13. The minimum absolute atomic E-state index is 0.0629. The average molecular weight is 465 g/mol. The van der Waals surface area contributed by atoms with Gasteiger partial charge in [-0.2, -0.15) is 0 Å². The van der Waals surface area contributed by atoms with Crippen LogP contribution in [-0.4, -0.2) is 26.5 Å². The fraction of sp³-hybridized carbons (Fsp3) is 0.292. The summed E-state index contributed by atoms with van der Waals surface area (Å²) in [5, 5.41) is 13.2. The van der Waals surface area contributed by atoms with Crippen molar-refractivity contribution in [1.82, 2.24) is 19.7 Å². The van der Waals surface area contributed by atoms with E-state index in [0.717, 1.165) is 50.1 Å². The number of thioether (sulfide) groups is 1. The van der Waals surface area contributed by atoms with Crippen molar-refractivity contribution < 1.29 is 9.47 Å². The van der Waals surface area contributed by atoms with Gasteiger partial charge in [0.15, 0.2) is 22.5 Å². The second-order valence-electron chi connectivity index (χ2n) is 8.63. The maximum absolute atomic E-state index is 5.56. The molecule has 4 aromatic rings. The molecular formula is C24H24N4O2S2. The summed E-state index contributed by atoms with van der Waals surface area (Å²) in [6, 6.07) is 16.2. The molecule has 0 saturated heterocycles. The van der Waals surface area contributed by atoms with Gasteiger partial charge < -0.3 is 9.47 Å². The molecule has 1 aliphatic rings. The van der Waals surface area contributed by atoms with Crippen LogP contribution in [0.3, 0.4) is 0 Å². The first-order valence-corrected chi connectivity index (χ1v) is 12.3. The number of hydrogen-bond donors (Lipinski definition) is 0. The monoisotopic (exact) mass is 464 g/mol. The van der Waals surface area contributed by atoms with E-state index in [1.165, 1.54) is 0 Å². The van der Waals surface area contributed by atoms with E-state index in [0.29, 0.717) is 6.54 Å². The summed E-state index contributed by atoms with van der Waals surface area (Å²) in [5.74, 6) is 3.16. The van der Waals surface area contributed by atoms with E-state index >= 15 is 0 Å². The van der Waals surface area contributed by atoms with Crippen LogP contribution in [0, 0.1) is 0 Å². The van der Waals surface area contributed by atoms with Crippen molar-refractivity contribution >= 4 is 23.1 Å². The molecule has 0 bridgehead atoms. The number of ether oxygens (including phenoxy) is 2. The lowest BCUT2D eigenvalue weighted by Crippen LogP contribution is -2.10. The molecule has 1 aliphatic heterocycles. The fourth-order valence-electron chi connectivity index (χ4n) is 3.42. The number of hydrogen-bond acceptors (Lipinski definition) is 7. The predicted octanol–water partition coefficient (Wildman–Crippen LogP) is 5.77. The van der Waals surface area contributed by atoms with E-state index in [1.807, 2.05) is 30.3 Å². The maximum atomic E-state index is 5.56. The summed E-state index contributed by atoms with van der Waals surface area (Å²) in [7, 11) is 0. The van der Waals surface area contributed by atoms with Gasteiger partial charge >= 0.3 is 0 Å². The molecule has 0 aliphatic carbocycles. The second-order valence-corrected chi connectivity index (χ2v) is 10.4. The Hall–Kier alpha value is -2.84. The Kier molecular flexibility index (Phi) is 5.65. The quantitative estimate of drug-likeness (QED) is 0.338. The van der Waals surface area contributed by atoms with Crippen LogP contribution in [0.1, 0.15) is 37.0 Å². The topological polar surface area (TPSA) is 62.1 Å². The number of benzene rings is 2. The minimum atomic E-state index is 0.0629. The highest BCUT2D eigenvalue weighted by molar-refractivity contribution is 7.98. The molecule has 0 radical (unpaired) electrons. The molecule has 5 rings (SSSR count). The third kappa shape index (κ3) is 4.38. The molecule has 0 saturated carbocycles. The lowest BCUT2D eigenvalue weighted by atomic mass is 9.98. The number of nitrogens with zero attached hydrogens (tertiary/aromatic N) is 4. The standard InChI is InChI=1S/C24H24N4O2S2/c1-24(2,3)22-25-18(13-31-22)14-32-23-27-26-21(17-7-5-4-6-8-17)28(23)12-16-9-10-19-20(11-16)30-15-29-19/h4-11,13H,12,14-15H2,1-3H3. The lowest BCUT2D eigenvalue weighted by molar-refractivity contribution is 0.174. The summed E-state index contributed by atoms with van der Waals surface area (Å²) < 4.78 is 13.2. The van der Waals surface area contributed by atoms with Crippen molar-refractivity contribution in [3.63, 3.8) is 0 Å². The molecule has 0 N–H and O–H groups in total. The van der Waals surface area contributed by atoms with E-state index in [4.69, 9.17) is 14.5 Å². The number of thiazole rings is 1. The van der Waals surface area contributed by atoms with Crippen LogP contribution in [0.25, 0.3) is 11.4 Å². The van der Waals surface area contributed by atoms with E-state index in [2.05, 4.69) is 59.1 Å². The molecule has 2 aromatic heterocycles. The largest absolute Gasteiger partial charge is 0.454 e. The van der Waals surface area contributed by atoms with Gasteiger partial charge in [-0.3, -0.25) is 4.57 Å². The van der Waals surface area contributed by atoms with Gasteiger partial charge in [0.1, 0.15) is 0 Å². The molecule has 0 fully saturated rings. The van der Waals surface area contributed by atoms with Crippen molar-refractivity contribution in [2.24, 2.45) is 0 Å². The van der Waals surface area contributed by atoms with Gasteiger partial charge in [-0.25, -0.2) is 4.98 Å². The van der Waals surface area contributed by atoms with Gasteiger partial charge in [0.25, 0.3) is 0 Å². The van der Waals surface area contributed by atoms with Crippen LogP contribution in [-0.2, 0) is 17.7 Å². The Morgan fingerprint density at radius 3 is 2.62 bits per heavy atom. The molecule has 3 heterocycles. The van der Waals surface area contributed by atoms with E-state index in [9.17, 15) is 0 Å². The summed E-state index contributed by atoms with van der Waals surface area (Å²) in [6.45, 7) is 7.48. The van der Waals surface area contributed by atoms with Gasteiger partial charge in [0, 0.05) is 22.1 Å². The molecule has 0 amide bonds. The Morgan fingerprint density at radius 2 is 1.84 bits per heavy atom. The van der Waals surface area contributed by atoms with Gasteiger partial charge in [-0.1, -0.05) is 68.9 Å². The van der Waals surface area contributed by atoms with Crippen molar-refractivity contribution in [2.75, 3.05) is 6.79 Å². The average Bonchev–Trinajstić information content (AvgIpc) is 3.52. The first kappa shape index (κ1) is 21.0. The Morgan fingerprint density at radius 1 is 1.03 bits per heavy atom. The van der Waals surface area contributed by atoms with E-state index in [1.54, 1.807) is 23.1 Å². The molecule has 0 unspecified atom stereocenters. The third-order valence-corrected chi connectivity index (χ3v) is 7.39. The Balaban J connectivity index is 1.43. The van der Waals surface area contributed by atoms with Crippen molar-refractivity contribution in [3.8, 4) is 22.9 Å². The third-order valence-electron chi connectivity index (χ3n) is 5.07. The van der Waals surface area contributed by atoms with Gasteiger partial charge in [-0.15, -0.1) is 21.5 Å². The van der Waals surface area contributed by atoms with E-state index < -0.39 is 0 Å². The normalized spacial score (nSPS) is 13.0. The summed E-state index contributed by atoms with van der Waals surface area (Å²) >= 11 is 3.38. The van der Waals surface area contributed by atoms with Crippen LogP contribution in [0.5, 0.6) is 11.5 Å². The highest BCUT2D eigenvalue weighted by Crippen LogP contribution is 2.34. The molecule has 32 heavy (non-hydrogen) atoms. The Labute approximate surface area is 195 Å². The first-order chi connectivity index (χ1) is 15.5. The summed E-state index contributed by atoms with van der Waals surface area (Å²) in [5.41, 5.74) is 3.28. The summed E-state index contributed by atoms with van der Waals surface area (Å²) in [4.78, 5) is 4.82. The van der Waals surface area contributed by atoms with Crippen molar-refractivity contribution in [2.45, 2.75) is 43.6 Å². The smallest absolute Gasteiger partial charge is 0.231 e. The molecule has 0 spiro atoms. The number of fused-ring (bicyclic) bond motifs is 1. The second kappa shape index (κ2) is 8.60. The Bertz CT molecular complexity index is 1230. The van der Waals surface area contributed by atoms with Crippen LogP contribution in [0.4, 0.5) is 0 Å². The molecule has 164 valence electrons. The molecule has 6 nitrogen and oxygen atoms in total. The molecular weight excluding hydrogens is 440 g/mol. The van der Waals surface area contributed by atoms with Crippen LogP contribution >= 0.6 is 23.1 Å². The summed E-state index contributed by atoms with van der Waals surface area (Å²) in [6.07, 6.45) is 0. The minimum Gasteiger partial charge on any atom is -0.454 e. The predicted molar refractivity (Wildman–Crippen MR) is 128 cm³/mol. The van der Waals surface area contributed by atoms with E-state index in [-0.39, 0.29) is 12.2 Å². The van der Waals surface area contributed by atoms with Gasteiger partial charge in [-0.05, 0) is 17.7 Å². The fourth-order valence-corrected chi connectivity index (χ4v) is 5.26. The zero-order valence-electron chi connectivity index (χ0n) is 18.2. The van der Waals surface area contributed by atoms with Gasteiger partial charge in [0.2, 0.25) is 6.79 Å². The van der Waals surface area contributed by atoms with Crippen molar-refractivity contribution in [1.29, 1.82) is 0 Å². The maximum Gasteiger partial charge on any atom is 0.231 e. The van der Waals surface area contributed by atoms with Crippen LogP contribution in [0.15, 0.2) is 59.1 Å². The SMILES string of the molecule is CC(C)(C)c1nc(CSc2nnc(-c3ccccc3)n2Cc2ccc3c(c2)OCO3)cs1. The zero-order chi connectivity index (χ0) is 22.1. The number of rotatable bonds is 6. The highest BCUT2D eigenvalue weighted by Gasteiger charge is 2.20. The highest BCUT2D eigenvalue weighted by atomic mass is 32.2. The molecule has 0 atom stereocenters. The number of aromatic nitrogens is 4.